The maximum Gasteiger partial charge on any atom is 0.303 e. The van der Waals surface area contributed by atoms with Gasteiger partial charge in [-0.3, -0.25) is 14.6 Å². The molecule has 0 fully saturated rings. The van der Waals surface area contributed by atoms with Crippen LogP contribution in [0.5, 0.6) is 0 Å². The fourth-order valence-corrected chi connectivity index (χ4v) is 0.762. The lowest BCUT2D eigenvalue weighted by molar-refractivity contribution is -0.136. The van der Waals surface area contributed by atoms with Gasteiger partial charge in [0.15, 0.2) is 0 Å². The molecule has 0 aromatic carbocycles. The molecule has 13 heavy (non-hydrogen) atoms. The molecular formula is C6H8N4O3. The van der Waals surface area contributed by atoms with Gasteiger partial charge >= 0.3 is 5.97 Å². The first kappa shape index (κ1) is 9.17. The number of aryl methyl sites for hydroxylation is 1. The second-order valence-electron chi connectivity index (χ2n) is 2.38. The lowest BCUT2D eigenvalue weighted by Gasteiger charge is -1.95. The van der Waals surface area contributed by atoms with Crippen LogP contribution in [-0.4, -0.2) is 26.3 Å². The van der Waals surface area contributed by atoms with Crippen molar-refractivity contribution in [2.45, 2.75) is 12.8 Å². The summed E-state index contributed by atoms with van der Waals surface area (Å²) in [5.74, 6) is -1.07. The van der Waals surface area contributed by atoms with Crippen LogP contribution >= 0.6 is 0 Å². The molecule has 0 aliphatic carbocycles. The van der Waals surface area contributed by atoms with Crippen molar-refractivity contribution in [2.75, 3.05) is 5.73 Å². The molecule has 0 spiro atoms. The van der Waals surface area contributed by atoms with Gasteiger partial charge in [-0.25, -0.2) is 0 Å². The predicted molar refractivity (Wildman–Crippen MR) is 43.0 cm³/mol. The summed E-state index contributed by atoms with van der Waals surface area (Å²) in [5, 5.41) is 15.2. The fourth-order valence-electron chi connectivity index (χ4n) is 0.762. The molecule has 0 amide bonds. The molecular weight excluding hydrogens is 176 g/mol. The largest absolute Gasteiger partial charge is 0.481 e. The molecule has 4 N–H and O–H groups in total. The number of hydrogen-bond acceptors (Lipinski definition) is 5. The highest BCUT2D eigenvalue weighted by atomic mass is 16.4. The molecule has 0 saturated heterocycles. The SMILES string of the molecule is Nc1nnc(CCC(=O)O)c(=O)[nH]1. The first-order valence-corrected chi connectivity index (χ1v) is 3.52. The Kier molecular flexibility index (Phi) is 2.58. The number of rotatable bonds is 3. The van der Waals surface area contributed by atoms with Gasteiger partial charge in [0.1, 0.15) is 5.69 Å². The van der Waals surface area contributed by atoms with Crippen LogP contribution in [-0.2, 0) is 11.2 Å². The molecule has 0 radical (unpaired) electrons. The molecule has 0 aliphatic rings. The number of hydrogen-bond donors (Lipinski definition) is 3. The average Bonchev–Trinajstić information content (AvgIpc) is 2.02. The first-order valence-electron chi connectivity index (χ1n) is 3.52. The third-order valence-electron chi connectivity index (χ3n) is 1.36. The lowest BCUT2D eigenvalue weighted by atomic mass is 10.2. The van der Waals surface area contributed by atoms with E-state index < -0.39 is 11.5 Å². The summed E-state index contributed by atoms with van der Waals surface area (Å²) >= 11 is 0. The predicted octanol–water partition coefficient (Wildman–Crippen LogP) is -1.24. The summed E-state index contributed by atoms with van der Waals surface area (Å²) < 4.78 is 0. The highest BCUT2D eigenvalue weighted by Crippen LogP contribution is 1.91. The van der Waals surface area contributed by atoms with Crippen LogP contribution < -0.4 is 11.3 Å². The van der Waals surface area contributed by atoms with E-state index in [2.05, 4.69) is 15.2 Å². The molecule has 0 bridgehead atoms. The number of nitrogen functional groups attached to an aromatic ring is 1. The second-order valence-corrected chi connectivity index (χ2v) is 2.38. The van der Waals surface area contributed by atoms with Crippen LogP contribution in [0.25, 0.3) is 0 Å². The smallest absolute Gasteiger partial charge is 0.303 e. The average molecular weight is 184 g/mol. The number of nitrogens with two attached hydrogens (primary N) is 1. The van der Waals surface area contributed by atoms with Gasteiger partial charge < -0.3 is 10.8 Å². The van der Waals surface area contributed by atoms with Crippen LogP contribution in [0.3, 0.4) is 0 Å². The Bertz CT molecular complexity index is 372. The van der Waals surface area contributed by atoms with Crippen LogP contribution in [0.1, 0.15) is 12.1 Å². The van der Waals surface area contributed by atoms with E-state index in [1.54, 1.807) is 0 Å². The van der Waals surface area contributed by atoms with Gasteiger partial charge in [0.2, 0.25) is 5.95 Å². The van der Waals surface area contributed by atoms with Crippen molar-refractivity contribution >= 4 is 11.9 Å². The van der Waals surface area contributed by atoms with Crippen molar-refractivity contribution in [1.82, 2.24) is 15.2 Å². The van der Waals surface area contributed by atoms with Crippen LogP contribution in [0, 0.1) is 0 Å². The first-order chi connectivity index (χ1) is 6.09. The zero-order valence-corrected chi connectivity index (χ0v) is 6.65. The van der Waals surface area contributed by atoms with Gasteiger partial charge in [0, 0.05) is 6.42 Å². The van der Waals surface area contributed by atoms with Gasteiger partial charge in [-0.1, -0.05) is 0 Å². The highest BCUT2D eigenvalue weighted by Gasteiger charge is 2.05. The molecule has 7 heteroatoms. The van der Waals surface area contributed by atoms with Gasteiger partial charge in [0.05, 0.1) is 6.42 Å². The number of anilines is 1. The minimum atomic E-state index is -0.988. The van der Waals surface area contributed by atoms with Gasteiger partial charge in [-0.05, 0) is 0 Å². The van der Waals surface area contributed by atoms with Crippen LogP contribution in [0.4, 0.5) is 5.95 Å². The Labute approximate surface area is 72.6 Å². The van der Waals surface area contributed by atoms with Gasteiger partial charge in [0.25, 0.3) is 5.56 Å². The third kappa shape index (κ3) is 2.55. The Morgan fingerprint density at radius 2 is 2.23 bits per heavy atom. The minimum Gasteiger partial charge on any atom is -0.481 e. The molecule has 1 rings (SSSR count). The minimum absolute atomic E-state index is 0.0535. The molecule has 70 valence electrons. The number of H-pyrrole nitrogens is 1. The van der Waals surface area contributed by atoms with Crippen molar-refractivity contribution in [3.8, 4) is 0 Å². The molecule has 7 nitrogen and oxygen atoms in total. The molecule has 0 atom stereocenters. The van der Waals surface area contributed by atoms with Crippen LogP contribution in [0.2, 0.25) is 0 Å². The Hall–Kier alpha value is -1.92. The zero-order valence-electron chi connectivity index (χ0n) is 6.65. The Morgan fingerprint density at radius 3 is 2.77 bits per heavy atom. The summed E-state index contributed by atoms with van der Waals surface area (Å²) in [6.07, 6.45) is -0.0976. The highest BCUT2D eigenvalue weighted by molar-refractivity contribution is 5.66. The van der Waals surface area contributed by atoms with E-state index >= 15 is 0 Å². The molecule has 0 saturated carbocycles. The fraction of sp³-hybridized carbons (Fsp3) is 0.333. The number of carboxylic acid groups (broad SMARTS) is 1. The van der Waals surface area contributed by atoms with Crippen molar-refractivity contribution in [3.05, 3.63) is 16.0 Å². The van der Waals surface area contributed by atoms with E-state index in [1.807, 2.05) is 0 Å². The summed E-state index contributed by atoms with van der Waals surface area (Å²) in [6.45, 7) is 0. The topological polar surface area (TPSA) is 122 Å². The van der Waals surface area contributed by atoms with Crippen molar-refractivity contribution in [1.29, 1.82) is 0 Å². The molecule has 0 unspecified atom stereocenters. The summed E-state index contributed by atoms with van der Waals surface area (Å²) in [4.78, 5) is 23.4. The molecule has 1 aromatic rings. The van der Waals surface area contributed by atoms with Crippen LogP contribution in [0.15, 0.2) is 4.79 Å². The quantitative estimate of drug-likeness (QED) is 0.540. The number of nitrogens with zero attached hydrogens (tertiary/aromatic N) is 2. The monoisotopic (exact) mass is 184 g/mol. The zero-order chi connectivity index (χ0) is 9.84. The maximum absolute atomic E-state index is 11.0. The van der Waals surface area contributed by atoms with E-state index in [1.165, 1.54) is 0 Å². The van der Waals surface area contributed by atoms with E-state index in [0.29, 0.717) is 0 Å². The van der Waals surface area contributed by atoms with Crippen molar-refractivity contribution < 1.29 is 9.90 Å². The number of nitrogens with one attached hydrogen (secondary N) is 1. The Morgan fingerprint density at radius 1 is 1.54 bits per heavy atom. The molecule has 1 heterocycles. The van der Waals surface area contributed by atoms with E-state index in [0.717, 1.165) is 0 Å². The maximum atomic E-state index is 11.0. The van der Waals surface area contributed by atoms with Gasteiger partial charge in [-0.2, -0.15) is 0 Å². The normalized spacial score (nSPS) is 9.85. The molecule has 0 aliphatic heterocycles. The number of carboxylic acids is 1. The molecule has 1 aromatic heterocycles. The summed E-state index contributed by atoms with van der Waals surface area (Å²) in [5.41, 5.74) is 4.73. The number of aromatic amines is 1. The second kappa shape index (κ2) is 3.65. The van der Waals surface area contributed by atoms with E-state index in [9.17, 15) is 9.59 Å². The van der Waals surface area contributed by atoms with E-state index in [-0.39, 0.29) is 24.5 Å². The van der Waals surface area contributed by atoms with Gasteiger partial charge in [-0.15, -0.1) is 10.2 Å². The number of aromatic nitrogens is 3. The standard InChI is InChI=1S/C6H8N4O3/c7-6-8-5(13)3(9-10-6)1-2-4(11)12/h1-2H2,(H,11,12)(H3,7,8,10,13). The third-order valence-corrected chi connectivity index (χ3v) is 1.36. The lowest BCUT2D eigenvalue weighted by Crippen LogP contribution is -2.19. The van der Waals surface area contributed by atoms with Crippen molar-refractivity contribution in [3.63, 3.8) is 0 Å². The van der Waals surface area contributed by atoms with E-state index in [4.69, 9.17) is 10.8 Å². The summed E-state index contributed by atoms with van der Waals surface area (Å²) in [7, 11) is 0. The summed E-state index contributed by atoms with van der Waals surface area (Å²) in [6, 6.07) is 0. The number of carbonyl (C=O) groups is 1. The Balaban J connectivity index is 2.78. The van der Waals surface area contributed by atoms with Crippen molar-refractivity contribution in [2.24, 2.45) is 0 Å². The number of aliphatic carboxylic acids is 1.